The maximum Gasteiger partial charge on any atom is 0.221 e. The van der Waals surface area contributed by atoms with Gasteiger partial charge in [0.25, 0.3) is 0 Å². The van der Waals surface area contributed by atoms with Gasteiger partial charge in [-0.05, 0) is 32.2 Å². The molecule has 0 saturated carbocycles. The molecule has 2 amide bonds. The average Bonchev–Trinajstić information content (AvgIpc) is 2.27. The molecule has 4 N–H and O–H groups in total. The van der Waals surface area contributed by atoms with Crippen molar-refractivity contribution in [3.63, 3.8) is 0 Å². The lowest BCUT2D eigenvalue weighted by Gasteiger charge is -2.09. The van der Waals surface area contributed by atoms with Crippen LogP contribution in [0.2, 0.25) is 0 Å². The van der Waals surface area contributed by atoms with Crippen molar-refractivity contribution in [3.8, 4) is 0 Å². The van der Waals surface area contributed by atoms with Crippen LogP contribution in [0.15, 0.2) is 0 Å². The van der Waals surface area contributed by atoms with Crippen molar-refractivity contribution in [3.05, 3.63) is 0 Å². The minimum Gasteiger partial charge on any atom is -0.356 e. The van der Waals surface area contributed by atoms with E-state index in [0.717, 1.165) is 12.8 Å². The molecule has 17 heavy (non-hydrogen) atoms. The molecular formula is C12H25N3O2. The van der Waals surface area contributed by atoms with Crippen LogP contribution in [-0.4, -0.2) is 31.4 Å². The summed E-state index contributed by atoms with van der Waals surface area (Å²) in [6, 6.07) is 0. The third-order valence-corrected chi connectivity index (χ3v) is 2.57. The van der Waals surface area contributed by atoms with Gasteiger partial charge in [0, 0.05) is 25.9 Å². The number of carbonyl (C=O) groups is 2. The molecule has 0 heterocycles. The number of hydrogen-bond donors (Lipinski definition) is 3. The van der Waals surface area contributed by atoms with Gasteiger partial charge in [-0.2, -0.15) is 0 Å². The molecule has 0 rings (SSSR count). The topological polar surface area (TPSA) is 84.2 Å². The van der Waals surface area contributed by atoms with E-state index < -0.39 is 0 Å². The normalized spacial score (nSPS) is 11.9. The van der Waals surface area contributed by atoms with Gasteiger partial charge in [0.15, 0.2) is 0 Å². The Labute approximate surface area is 104 Å². The molecular weight excluding hydrogens is 218 g/mol. The number of rotatable bonds is 9. The SMILES string of the molecule is CCNC(=O)CCNC(=O)CCC(C)CCN. The van der Waals surface area contributed by atoms with Crippen molar-refractivity contribution in [2.75, 3.05) is 19.6 Å². The Hall–Kier alpha value is -1.10. The molecule has 5 nitrogen and oxygen atoms in total. The van der Waals surface area contributed by atoms with E-state index in [1.807, 2.05) is 6.92 Å². The van der Waals surface area contributed by atoms with Crippen LogP contribution in [0.3, 0.4) is 0 Å². The van der Waals surface area contributed by atoms with Gasteiger partial charge < -0.3 is 16.4 Å². The zero-order valence-corrected chi connectivity index (χ0v) is 10.9. The number of hydrogen-bond acceptors (Lipinski definition) is 3. The van der Waals surface area contributed by atoms with Gasteiger partial charge in [0.05, 0.1) is 0 Å². The van der Waals surface area contributed by atoms with Gasteiger partial charge in [-0.15, -0.1) is 0 Å². The van der Waals surface area contributed by atoms with Crippen LogP contribution in [0.1, 0.15) is 39.5 Å². The molecule has 1 atom stereocenters. The summed E-state index contributed by atoms with van der Waals surface area (Å²) in [7, 11) is 0. The average molecular weight is 243 g/mol. The molecule has 0 radical (unpaired) electrons. The number of amides is 2. The summed E-state index contributed by atoms with van der Waals surface area (Å²) in [4.78, 5) is 22.5. The maximum absolute atomic E-state index is 11.4. The fourth-order valence-electron chi connectivity index (χ4n) is 1.50. The van der Waals surface area contributed by atoms with Crippen molar-refractivity contribution in [2.24, 2.45) is 11.7 Å². The fraction of sp³-hybridized carbons (Fsp3) is 0.833. The van der Waals surface area contributed by atoms with E-state index in [0.29, 0.717) is 38.4 Å². The summed E-state index contributed by atoms with van der Waals surface area (Å²) < 4.78 is 0. The second-order valence-corrected chi connectivity index (χ2v) is 4.27. The van der Waals surface area contributed by atoms with Gasteiger partial charge in [-0.25, -0.2) is 0 Å². The molecule has 0 aliphatic carbocycles. The molecule has 0 aromatic rings. The molecule has 0 spiro atoms. The Kier molecular flexibility index (Phi) is 9.43. The zero-order chi connectivity index (χ0) is 13.1. The molecule has 0 fully saturated rings. The van der Waals surface area contributed by atoms with Crippen LogP contribution in [0.25, 0.3) is 0 Å². The van der Waals surface area contributed by atoms with Crippen LogP contribution in [0.5, 0.6) is 0 Å². The Balaban J connectivity index is 3.49. The van der Waals surface area contributed by atoms with Gasteiger partial charge in [-0.3, -0.25) is 9.59 Å². The third-order valence-electron chi connectivity index (χ3n) is 2.57. The number of nitrogens with one attached hydrogen (secondary N) is 2. The summed E-state index contributed by atoms with van der Waals surface area (Å²) in [6.07, 6.45) is 2.66. The molecule has 0 aliphatic rings. The first-order chi connectivity index (χ1) is 8.10. The lowest BCUT2D eigenvalue weighted by atomic mass is 10.0. The van der Waals surface area contributed by atoms with Crippen molar-refractivity contribution < 1.29 is 9.59 Å². The van der Waals surface area contributed by atoms with Crippen molar-refractivity contribution in [2.45, 2.75) is 39.5 Å². The van der Waals surface area contributed by atoms with Crippen molar-refractivity contribution in [1.82, 2.24) is 10.6 Å². The predicted molar refractivity (Wildman–Crippen MR) is 68.4 cm³/mol. The largest absolute Gasteiger partial charge is 0.356 e. The quantitative estimate of drug-likeness (QED) is 0.548. The Morgan fingerprint density at radius 2 is 1.76 bits per heavy atom. The second kappa shape index (κ2) is 10.1. The van der Waals surface area contributed by atoms with E-state index in [1.165, 1.54) is 0 Å². The third kappa shape index (κ3) is 9.81. The molecule has 0 bridgehead atoms. The molecule has 100 valence electrons. The van der Waals surface area contributed by atoms with Crippen LogP contribution in [0, 0.1) is 5.92 Å². The van der Waals surface area contributed by atoms with Gasteiger partial charge in [-0.1, -0.05) is 6.92 Å². The molecule has 1 unspecified atom stereocenters. The van der Waals surface area contributed by atoms with E-state index >= 15 is 0 Å². The molecule has 0 aromatic heterocycles. The summed E-state index contributed by atoms with van der Waals surface area (Å²) in [6.45, 7) is 5.67. The van der Waals surface area contributed by atoms with Gasteiger partial charge >= 0.3 is 0 Å². The predicted octanol–water partition coefficient (Wildman–Crippen LogP) is 0.394. The minimum atomic E-state index is -0.0238. The zero-order valence-electron chi connectivity index (χ0n) is 10.9. The number of nitrogens with two attached hydrogens (primary N) is 1. The lowest BCUT2D eigenvalue weighted by molar-refractivity contribution is -0.122. The van der Waals surface area contributed by atoms with Crippen LogP contribution < -0.4 is 16.4 Å². The van der Waals surface area contributed by atoms with Crippen molar-refractivity contribution >= 4 is 11.8 Å². The second-order valence-electron chi connectivity index (χ2n) is 4.27. The highest BCUT2D eigenvalue weighted by Gasteiger charge is 2.06. The fourth-order valence-corrected chi connectivity index (χ4v) is 1.50. The first-order valence-corrected chi connectivity index (χ1v) is 6.33. The number of carbonyl (C=O) groups excluding carboxylic acids is 2. The summed E-state index contributed by atoms with van der Waals surface area (Å²) in [5.74, 6) is 0.469. The highest BCUT2D eigenvalue weighted by Crippen LogP contribution is 2.08. The summed E-state index contributed by atoms with van der Waals surface area (Å²) in [5, 5.41) is 5.42. The maximum atomic E-state index is 11.4. The first kappa shape index (κ1) is 15.9. The summed E-state index contributed by atoms with van der Waals surface area (Å²) >= 11 is 0. The standard InChI is InChI=1S/C12H25N3O2/c1-3-14-12(17)7-9-15-11(16)5-4-10(2)6-8-13/h10H,3-9,13H2,1-2H3,(H,14,17)(H,15,16). The van der Waals surface area contributed by atoms with E-state index in [1.54, 1.807) is 0 Å². The molecule has 0 aliphatic heterocycles. The minimum absolute atomic E-state index is 0.0122. The summed E-state index contributed by atoms with van der Waals surface area (Å²) in [5.41, 5.74) is 5.43. The monoisotopic (exact) mass is 243 g/mol. The highest BCUT2D eigenvalue weighted by molar-refractivity contribution is 5.78. The van der Waals surface area contributed by atoms with E-state index in [-0.39, 0.29) is 11.8 Å². The van der Waals surface area contributed by atoms with Gasteiger partial charge in [0.2, 0.25) is 11.8 Å². The van der Waals surface area contributed by atoms with Crippen LogP contribution in [-0.2, 0) is 9.59 Å². The van der Waals surface area contributed by atoms with E-state index in [9.17, 15) is 9.59 Å². The molecule has 0 aromatic carbocycles. The van der Waals surface area contributed by atoms with Crippen molar-refractivity contribution in [1.29, 1.82) is 0 Å². The van der Waals surface area contributed by atoms with Gasteiger partial charge in [0.1, 0.15) is 0 Å². The van der Waals surface area contributed by atoms with Crippen LogP contribution in [0.4, 0.5) is 0 Å². The lowest BCUT2D eigenvalue weighted by Crippen LogP contribution is -2.30. The molecule has 0 saturated heterocycles. The Morgan fingerprint density at radius 1 is 1.12 bits per heavy atom. The Morgan fingerprint density at radius 3 is 2.35 bits per heavy atom. The van der Waals surface area contributed by atoms with E-state index in [2.05, 4.69) is 17.6 Å². The first-order valence-electron chi connectivity index (χ1n) is 6.33. The Bertz CT molecular complexity index is 232. The van der Waals surface area contributed by atoms with E-state index in [4.69, 9.17) is 5.73 Å². The molecule has 5 heteroatoms. The van der Waals surface area contributed by atoms with Crippen LogP contribution >= 0.6 is 0 Å². The highest BCUT2D eigenvalue weighted by atomic mass is 16.2. The smallest absolute Gasteiger partial charge is 0.221 e.